The highest BCUT2D eigenvalue weighted by atomic mass is 32.2. The number of nitrogens with one attached hydrogen (secondary N) is 1. The molecule has 20 heavy (non-hydrogen) atoms. The summed E-state index contributed by atoms with van der Waals surface area (Å²) < 4.78 is 10.7. The van der Waals surface area contributed by atoms with E-state index in [1.807, 2.05) is 30.5 Å². The molecule has 5 nitrogen and oxygen atoms in total. The van der Waals surface area contributed by atoms with Crippen molar-refractivity contribution < 1.29 is 14.3 Å². The number of nitrogens with zero attached hydrogens (tertiary/aromatic N) is 1. The van der Waals surface area contributed by atoms with Crippen LogP contribution in [-0.4, -0.2) is 50.3 Å². The molecule has 1 aliphatic heterocycles. The molecule has 1 aromatic carbocycles. The van der Waals surface area contributed by atoms with Crippen molar-refractivity contribution in [2.45, 2.75) is 17.6 Å². The van der Waals surface area contributed by atoms with Crippen LogP contribution in [0.25, 0.3) is 0 Å². The Kier molecular flexibility index (Phi) is 5.70. The van der Waals surface area contributed by atoms with Gasteiger partial charge < -0.3 is 19.7 Å². The first kappa shape index (κ1) is 15.2. The maximum Gasteiger partial charge on any atom is 0.321 e. The molecule has 1 saturated heterocycles. The molecular formula is C14H20N2O3S. The zero-order valence-electron chi connectivity index (χ0n) is 11.8. The van der Waals surface area contributed by atoms with Crippen molar-refractivity contribution in [1.82, 2.24) is 4.90 Å². The minimum absolute atomic E-state index is 0.125. The Balaban J connectivity index is 1.77. The molecule has 0 spiro atoms. The lowest BCUT2D eigenvalue weighted by Gasteiger charge is -2.19. The largest absolute Gasteiger partial charge is 0.350 e. The van der Waals surface area contributed by atoms with Crippen LogP contribution in [0.15, 0.2) is 29.2 Å². The summed E-state index contributed by atoms with van der Waals surface area (Å²) in [4.78, 5) is 14.8. The molecule has 2 rings (SSSR count). The molecule has 0 atom stereocenters. The first-order valence-corrected chi connectivity index (χ1v) is 7.81. The van der Waals surface area contributed by atoms with Gasteiger partial charge in [-0.05, 0) is 30.5 Å². The maximum absolute atomic E-state index is 12.0. The van der Waals surface area contributed by atoms with Crippen LogP contribution in [0.5, 0.6) is 0 Å². The van der Waals surface area contributed by atoms with Gasteiger partial charge in [0, 0.05) is 30.6 Å². The standard InChI is InChI=1S/C14H20N2O3S/c1-16(8-7-13-18-9-10-19-13)14(17)15-11-3-5-12(20-2)6-4-11/h3-6,13H,7-10H2,1-2H3,(H,15,17). The van der Waals surface area contributed by atoms with Crippen molar-refractivity contribution in [3.8, 4) is 0 Å². The quantitative estimate of drug-likeness (QED) is 0.849. The van der Waals surface area contributed by atoms with Gasteiger partial charge in [0.05, 0.1) is 13.2 Å². The van der Waals surface area contributed by atoms with E-state index in [1.54, 1.807) is 23.7 Å². The van der Waals surface area contributed by atoms with Gasteiger partial charge in [0.25, 0.3) is 0 Å². The lowest BCUT2D eigenvalue weighted by atomic mass is 10.3. The molecule has 1 heterocycles. The summed E-state index contributed by atoms with van der Waals surface area (Å²) >= 11 is 1.67. The zero-order valence-corrected chi connectivity index (χ0v) is 12.6. The number of thioether (sulfide) groups is 1. The average Bonchev–Trinajstić information content (AvgIpc) is 2.98. The fourth-order valence-electron chi connectivity index (χ4n) is 1.87. The molecular weight excluding hydrogens is 276 g/mol. The molecule has 0 aliphatic carbocycles. The van der Waals surface area contributed by atoms with Crippen LogP contribution in [0.3, 0.4) is 0 Å². The van der Waals surface area contributed by atoms with E-state index in [0.717, 1.165) is 5.69 Å². The molecule has 0 aromatic heterocycles. The molecule has 1 aromatic rings. The molecule has 0 saturated carbocycles. The predicted octanol–water partition coefficient (Wildman–Crippen LogP) is 2.64. The van der Waals surface area contributed by atoms with Crippen LogP contribution in [-0.2, 0) is 9.47 Å². The van der Waals surface area contributed by atoms with Gasteiger partial charge in [-0.25, -0.2) is 4.79 Å². The SMILES string of the molecule is CSc1ccc(NC(=O)N(C)CCC2OCCO2)cc1. The Morgan fingerprint density at radius 1 is 1.35 bits per heavy atom. The van der Waals surface area contributed by atoms with Crippen LogP contribution in [0.2, 0.25) is 0 Å². The normalized spacial score (nSPS) is 15.3. The van der Waals surface area contributed by atoms with Crippen molar-refractivity contribution in [1.29, 1.82) is 0 Å². The minimum atomic E-state index is -0.175. The second-order valence-electron chi connectivity index (χ2n) is 4.54. The molecule has 1 fully saturated rings. The summed E-state index contributed by atoms with van der Waals surface area (Å²) in [6.07, 6.45) is 2.54. The number of carbonyl (C=O) groups excluding carboxylic acids is 1. The molecule has 6 heteroatoms. The second kappa shape index (κ2) is 7.52. The number of rotatable bonds is 5. The average molecular weight is 296 g/mol. The molecule has 0 radical (unpaired) electrons. The van der Waals surface area contributed by atoms with Crippen molar-refractivity contribution >= 4 is 23.5 Å². The van der Waals surface area contributed by atoms with Gasteiger partial charge in [-0.1, -0.05) is 0 Å². The van der Waals surface area contributed by atoms with E-state index < -0.39 is 0 Å². The molecule has 1 aliphatic rings. The number of benzene rings is 1. The van der Waals surface area contributed by atoms with Crippen LogP contribution in [0.1, 0.15) is 6.42 Å². The maximum atomic E-state index is 12.0. The fourth-order valence-corrected chi connectivity index (χ4v) is 2.28. The fraction of sp³-hybridized carbons (Fsp3) is 0.500. The number of urea groups is 1. The van der Waals surface area contributed by atoms with Crippen molar-refractivity contribution in [2.24, 2.45) is 0 Å². The number of ether oxygens (including phenoxy) is 2. The molecule has 0 bridgehead atoms. The van der Waals surface area contributed by atoms with Crippen molar-refractivity contribution in [2.75, 3.05) is 38.4 Å². The monoisotopic (exact) mass is 296 g/mol. The van der Waals surface area contributed by atoms with E-state index in [2.05, 4.69) is 5.32 Å². The van der Waals surface area contributed by atoms with Crippen LogP contribution in [0, 0.1) is 0 Å². The lowest BCUT2D eigenvalue weighted by molar-refractivity contribution is -0.0488. The highest BCUT2D eigenvalue weighted by molar-refractivity contribution is 7.98. The van der Waals surface area contributed by atoms with Gasteiger partial charge in [0.1, 0.15) is 0 Å². The smallest absolute Gasteiger partial charge is 0.321 e. The van der Waals surface area contributed by atoms with E-state index in [1.165, 1.54) is 4.90 Å². The minimum Gasteiger partial charge on any atom is -0.350 e. The summed E-state index contributed by atoms with van der Waals surface area (Å²) in [5.41, 5.74) is 0.799. The summed E-state index contributed by atoms with van der Waals surface area (Å²) in [5.74, 6) is 0. The van der Waals surface area contributed by atoms with Gasteiger partial charge in [0.2, 0.25) is 0 Å². The highest BCUT2D eigenvalue weighted by Crippen LogP contribution is 2.17. The third-order valence-corrected chi connectivity index (χ3v) is 3.82. The first-order valence-electron chi connectivity index (χ1n) is 6.58. The number of anilines is 1. The molecule has 110 valence electrons. The Morgan fingerprint density at radius 3 is 2.60 bits per heavy atom. The molecule has 1 N–H and O–H groups in total. The molecule has 0 unspecified atom stereocenters. The summed E-state index contributed by atoms with van der Waals surface area (Å²) in [6.45, 7) is 1.88. The third kappa shape index (κ3) is 4.40. The van der Waals surface area contributed by atoms with Gasteiger partial charge in [-0.3, -0.25) is 0 Å². The zero-order chi connectivity index (χ0) is 14.4. The Bertz CT molecular complexity index is 433. The van der Waals surface area contributed by atoms with E-state index in [-0.39, 0.29) is 12.3 Å². The van der Waals surface area contributed by atoms with Gasteiger partial charge in [-0.15, -0.1) is 11.8 Å². The summed E-state index contributed by atoms with van der Waals surface area (Å²) in [6, 6.07) is 7.66. The number of hydrogen-bond donors (Lipinski definition) is 1. The van der Waals surface area contributed by atoms with E-state index in [9.17, 15) is 4.79 Å². The Labute approximate surface area is 123 Å². The number of amides is 2. The van der Waals surface area contributed by atoms with Crippen LogP contribution < -0.4 is 5.32 Å². The number of carbonyl (C=O) groups is 1. The Morgan fingerprint density at radius 2 is 2.00 bits per heavy atom. The van der Waals surface area contributed by atoms with E-state index in [0.29, 0.717) is 26.2 Å². The van der Waals surface area contributed by atoms with Gasteiger partial charge in [0.15, 0.2) is 6.29 Å². The van der Waals surface area contributed by atoms with Crippen molar-refractivity contribution in [3.63, 3.8) is 0 Å². The van der Waals surface area contributed by atoms with Gasteiger partial charge in [-0.2, -0.15) is 0 Å². The lowest BCUT2D eigenvalue weighted by Crippen LogP contribution is -2.33. The van der Waals surface area contributed by atoms with Crippen molar-refractivity contribution in [3.05, 3.63) is 24.3 Å². The van der Waals surface area contributed by atoms with E-state index >= 15 is 0 Å². The predicted molar refractivity (Wildman–Crippen MR) is 80.2 cm³/mol. The van der Waals surface area contributed by atoms with Crippen LogP contribution in [0.4, 0.5) is 10.5 Å². The topological polar surface area (TPSA) is 50.8 Å². The van der Waals surface area contributed by atoms with E-state index in [4.69, 9.17) is 9.47 Å². The number of hydrogen-bond acceptors (Lipinski definition) is 4. The molecule has 2 amide bonds. The van der Waals surface area contributed by atoms with Gasteiger partial charge >= 0.3 is 6.03 Å². The van der Waals surface area contributed by atoms with Crippen LogP contribution >= 0.6 is 11.8 Å². The summed E-state index contributed by atoms with van der Waals surface area (Å²) in [7, 11) is 1.76. The Hall–Kier alpha value is -1.24. The highest BCUT2D eigenvalue weighted by Gasteiger charge is 2.17. The summed E-state index contributed by atoms with van der Waals surface area (Å²) in [5, 5.41) is 2.86. The second-order valence-corrected chi connectivity index (χ2v) is 5.42. The first-order chi connectivity index (χ1) is 9.69. The third-order valence-electron chi connectivity index (χ3n) is 3.08.